The van der Waals surface area contributed by atoms with Gasteiger partial charge < -0.3 is 14.6 Å². The Morgan fingerprint density at radius 3 is 1.77 bits per heavy atom. The number of hydrogen-bond acceptors (Lipinski definition) is 4. The van der Waals surface area contributed by atoms with E-state index in [2.05, 4.69) is 53.4 Å². The molecule has 31 heavy (non-hydrogen) atoms. The summed E-state index contributed by atoms with van der Waals surface area (Å²) in [6.45, 7) is 4.35. The molecule has 1 aliphatic rings. The summed E-state index contributed by atoms with van der Waals surface area (Å²) in [6, 6.07) is 30.6. The minimum Gasteiger partial charge on any atom is -0.392 e. The SMILES string of the molecule is CC(O)[C@H]1[C@@H](OCc2ccccc2)[C@H](OCc2ccccc2)CN1Cc1ccccc1. The number of nitrogens with zero attached hydrogens (tertiary/aromatic N) is 1. The summed E-state index contributed by atoms with van der Waals surface area (Å²) in [5, 5.41) is 10.7. The van der Waals surface area contributed by atoms with E-state index in [-0.39, 0.29) is 18.2 Å². The summed E-state index contributed by atoms with van der Waals surface area (Å²) in [6.07, 6.45) is -0.866. The normalized spacial score (nSPS) is 22.5. The fourth-order valence-electron chi connectivity index (χ4n) is 4.35. The summed E-state index contributed by atoms with van der Waals surface area (Å²) >= 11 is 0. The van der Waals surface area contributed by atoms with Gasteiger partial charge in [0.2, 0.25) is 0 Å². The molecule has 4 nitrogen and oxygen atoms in total. The highest BCUT2D eigenvalue weighted by Crippen LogP contribution is 2.29. The van der Waals surface area contributed by atoms with Gasteiger partial charge in [0, 0.05) is 13.1 Å². The lowest BCUT2D eigenvalue weighted by molar-refractivity contribution is -0.0857. The maximum Gasteiger partial charge on any atom is 0.103 e. The molecule has 4 heteroatoms. The third kappa shape index (κ3) is 5.81. The minimum absolute atomic E-state index is 0.118. The molecule has 1 saturated heterocycles. The molecule has 1 fully saturated rings. The first kappa shape index (κ1) is 21.7. The van der Waals surface area contributed by atoms with Crippen molar-refractivity contribution in [3.8, 4) is 0 Å². The van der Waals surface area contributed by atoms with Gasteiger partial charge >= 0.3 is 0 Å². The van der Waals surface area contributed by atoms with Gasteiger partial charge in [-0.2, -0.15) is 0 Å². The fraction of sp³-hybridized carbons (Fsp3) is 0.333. The average Bonchev–Trinajstić information content (AvgIpc) is 3.15. The Morgan fingerprint density at radius 2 is 1.26 bits per heavy atom. The molecule has 4 rings (SSSR count). The third-order valence-electron chi connectivity index (χ3n) is 5.85. The van der Waals surface area contributed by atoms with Gasteiger partial charge in [0.15, 0.2) is 0 Å². The number of aliphatic hydroxyl groups excluding tert-OH is 1. The Kier molecular flexibility index (Phi) is 7.49. The third-order valence-corrected chi connectivity index (χ3v) is 5.85. The second-order valence-electron chi connectivity index (χ2n) is 8.24. The van der Waals surface area contributed by atoms with Crippen molar-refractivity contribution in [1.82, 2.24) is 4.90 Å². The molecule has 1 unspecified atom stereocenters. The summed E-state index contributed by atoms with van der Waals surface area (Å²) in [4.78, 5) is 2.30. The molecule has 0 spiro atoms. The number of rotatable bonds is 9. The van der Waals surface area contributed by atoms with Gasteiger partial charge in [-0.1, -0.05) is 91.0 Å². The van der Waals surface area contributed by atoms with Crippen LogP contribution in [0.5, 0.6) is 0 Å². The van der Waals surface area contributed by atoms with Crippen LogP contribution in [0.25, 0.3) is 0 Å². The van der Waals surface area contributed by atoms with Crippen LogP contribution in [0, 0.1) is 0 Å². The Balaban J connectivity index is 1.51. The Hall–Kier alpha value is -2.50. The van der Waals surface area contributed by atoms with Gasteiger partial charge in [-0.15, -0.1) is 0 Å². The van der Waals surface area contributed by atoms with Gasteiger partial charge in [-0.25, -0.2) is 0 Å². The van der Waals surface area contributed by atoms with Crippen LogP contribution in [-0.4, -0.2) is 40.9 Å². The van der Waals surface area contributed by atoms with Crippen LogP contribution in [0.3, 0.4) is 0 Å². The van der Waals surface area contributed by atoms with Gasteiger partial charge in [0.05, 0.1) is 31.5 Å². The molecule has 0 radical (unpaired) electrons. The highest BCUT2D eigenvalue weighted by molar-refractivity contribution is 5.17. The first-order chi connectivity index (χ1) is 15.2. The number of likely N-dealkylation sites (tertiary alicyclic amines) is 1. The van der Waals surface area contributed by atoms with Gasteiger partial charge in [-0.05, 0) is 23.6 Å². The molecular weight excluding hydrogens is 386 g/mol. The zero-order chi connectivity index (χ0) is 21.5. The molecule has 0 aromatic heterocycles. The Labute approximate surface area is 185 Å². The molecule has 0 aliphatic carbocycles. The second kappa shape index (κ2) is 10.7. The van der Waals surface area contributed by atoms with E-state index in [4.69, 9.17) is 9.47 Å². The molecule has 0 bridgehead atoms. The van der Waals surface area contributed by atoms with Crippen LogP contribution in [0.4, 0.5) is 0 Å². The van der Waals surface area contributed by atoms with Crippen molar-refractivity contribution in [2.45, 2.75) is 51.0 Å². The van der Waals surface area contributed by atoms with Crippen LogP contribution < -0.4 is 0 Å². The highest BCUT2D eigenvalue weighted by atomic mass is 16.5. The van der Waals surface area contributed by atoms with Crippen molar-refractivity contribution in [2.24, 2.45) is 0 Å². The molecule has 4 atom stereocenters. The predicted octanol–water partition coefficient (Wildman–Crippen LogP) is 4.42. The standard InChI is InChI=1S/C27H31NO3/c1-21(29)26-27(31-20-24-15-9-4-10-16-24)25(30-19-23-13-7-3-8-14-23)18-28(26)17-22-11-5-2-6-12-22/h2-16,21,25-27,29H,17-20H2,1H3/t21?,25-,26+,27+/m1/s1. The highest BCUT2D eigenvalue weighted by Gasteiger charge is 2.45. The van der Waals surface area contributed by atoms with E-state index < -0.39 is 6.10 Å². The molecule has 0 saturated carbocycles. The average molecular weight is 418 g/mol. The summed E-state index contributed by atoms with van der Waals surface area (Å²) in [5.74, 6) is 0. The molecule has 162 valence electrons. The van der Waals surface area contributed by atoms with Gasteiger partial charge in [-0.3, -0.25) is 4.90 Å². The van der Waals surface area contributed by atoms with Crippen molar-refractivity contribution < 1.29 is 14.6 Å². The fourth-order valence-corrected chi connectivity index (χ4v) is 4.35. The van der Waals surface area contributed by atoms with Crippen LogP contribution in [0.2, 0.25) is 0 Å². The Morgan fingerprint density at radius 1 is 0.774 bits per heavy atom. The molecule has 1 N–H and O–H groups in total. The van der Waals surface area contributed by atoms with E-state index in [1.165, 1.54) is 5.56 Å². The van der Waals surface area contributed by atoms with Crippen molar-refractivity contribution in [3.05, 3.63) is 108 Å². The molecule has 1 heterocycles. The van der Waals surface area contributed by atoms with Crippen molar-refractivity contribution in [1.29, 1.82) is 0 Å². The van der Waals surface area contributed by atoms with Crippen LogP contribution in [0.15, 0.2) is 91.0 Å². The lowest BCUT2D eigenvalue weighted by atomic mass is 10.0. The zero-order valence-corrected chi connectivity index (χ0v) is 18.0. The molecule has 3 aromatic rings. The van der Waals surface area contributed by atoms with E-state index in [9.17, 15) is 5.11 Å². The van der Waals surface area contributed by atoms with Crippen molar-refractivity contribution in [3.63, 3.8) is 0 Å². The maximum absolute atomic E-state index is 10.7. The lowest BCUT2D eigenvalue weighted by Crippen LogP contribution is -2.45. The van der Waals surface area contributed by atoms with E-state index in [0.29, 0.717) is 13.2 Å². The largest absolute Gasteiger partial charge is 0.392 e. The quantitative estimate of drug-likeness (QED) is 0.560. The van der Waals surface area contributed by atoms with E-state index in [0.717, 1.165) is 24.2 Å². The second-order valence-corrected chi connectivity index (χ2v) is 8.24. The summed E-state index contributed by atoms with van der Waals surface area (Å²) < 4.78 is 12.8. The number of aliphatic hydroxyl groups is 1. The summed E-state index contributed by atoms with van der Waals surface area (Å²) in [7, 11) is 0. The van der Waals surface area contributed by atoms with Gasteiger partial charge in [0.1, 0.15) is 6.10 Å². The smallest absolute Gasteiger partial charge is 0.103 e. The topological polar surface area (TPSA) is 41.9 Å². The molecular formula is C27H31NO3. The van der Waals surface area contributed by atoms with Crippen LogP contribution in [0.1, 0.15) is 23.6 Å². The first-order valence-electron chi connectivity index (χ1n) is 11.0. The first-order valence-corrected chi connectivity index (χ1v) is 11.0. The van der Waals surface area contributed by atoms with Crippen LogP contribution >= 0.6 is 0 Å². The maximum atomic E-state index is 10.7. The number of benzene rings is 3. The number of ether oxygens (including phenoxy) is 2. The molecule has 0 amide bonds. The van der Waals surface area contributed by atoms with E-state index >= 15 is 0 Å². The van der Waals surface area contributed by atoms with Crippen molar-refractivity contribution in [2.75, 3.05) is 6.54 Å². The molecule has 1 aliphatic heterocycles. The summed E-state index contributed by atoms with van der Waals surface area (Å²) in [5.41, 5.74) is 3.48. The van der Waals surface area contributed by atoms with Crippen molar-refractivity contribution >= 4 is 0 Å². The minimum atomic E-state index is -0.533. The number of hydrogen-bond donors (Lipinski definition) is 1. The van der Waals surface area contributed by atoms with Gasteiger partial charge in [0.25, 0.3) is 0 Å². The van der Waals surface area contributed by atoms with Crippen LogP contribution in [-0.2, 0) is 29.2 Å². The lowest BCUT2D eigenvalue weighted by Gasteiger charge is -2.30. The zero-order valence-electron chi connectivity index (χ0n) is 18.0. The Bertz CT molecular complexity index is 902. The van der Waals surface area contributed by atoms with E-state index in [1.807, 2.05) is 49.4 Å². The monoisotopic (exact) mass is 417 g/mol. The molecule has 3 aromatic carbocycles. The van der Waals surface area contributed by atoms with E-state index in [1.54, 1.807) is 0 Å². The predicted molar refractivity (Wildman–Crippen MR) is 122 cm³/mol.